The lowest BCUT2D eigenvalue weighted by Crippen LogP contribution is -2.39. The lowest BCUT2D eigenvalue weighted by atomic mass is 10.0. The van der Waals surface area contributed by atoms with Crippen LogP contribution in [0.5, 0.6) is 0 Å². The summed E-state index contributed by atoms with van der Waals surface area (Å²) in [6, 6.07) is 0.326. The third kappa shape index (κ3) is 5.70. The molecular weight excluding hydrogens is 219 g/mol. The van der Waals surface area contributed by atoms with E-state index in [1.54, 1.807) is 0 Å². The Labute approximate surface area is 94.5 Å². The summed E-state index contributed by atoms with van der Waals surface area (Å²) in [4.78, 5) is 0. The van der Waals surface area contributed by atoms with Crippen LogP contribution in [0.4, 0.5) is 13.2 Å². The first-order valence-electron chi connectivity index (χ1n) is 5.93. The quantitative estimate of drug-likeness (QED) is 0.745. The predicted molar refractivity (Wildman–Crippen MR) is 56.3 cm³/mol. The second kappa shape index (κ2) is 6.45. The summed E-state index contributed by atoms with van der Waals surface area (Å²) in [5.74, 6) is 0. The largest absolute Gasteiger partial charge is 0.389 e. The van der Waals surface area contributed by atoms with Gasteiger partial charge >= 0.3 is 6.18 Å². The molecule has 0 saturated carbocycles. The van der Waals surface area contributed by atoms with Gasteiger partial charge in [0.2, 0.25) is 0 Å². The van der Waals surface area contributed by atoms with E-state index in [-0.39, 0.29) is 12.5 Å². The van der Waals surface area contributed by atoms with Crippen LogP contribution in [0.25, 0.3) is 0 Å². The van der Waals surface area contributed by atoms with E-state index in [4.69, 9.17) is 4.74 Å². The van der Waals surface area contributed by atoms with E-state index >= 15 is 0 Å². The molecule has 16 heavy (non-hydrogen) atoms. The Bertz CT molecular complexity index is 196. The van der Waals surface area contributed by atoms with Gasteiger partial charge < -0.3 is 10.1 Å². The fourth-order valence-corrected chi connectivity index (χ4v) is 1.95. The number of alkyl halides is 3. The Morgan fingerprint density at radius 1 is 1.38 bits per heavy atom. The first-order chi connectivity index (χ1) is 7.51. The smallest absolute Gasteiger partial charge is 0.378 e. The molecule has 2 atom stereocenters. The van der Waals surface area contributed by atoms with Crippen molar-refractivity contribution in [3.63, 3.8) is 0 Å². The zero-order valence-corrected chi connectivity index (χ0v) is 9.65. The Morgan fingerprint density at radius 2 is 2.12 bits per heavy atom. The molecule has 96 valence electrons. The molecule has 5 heteroatoms. The third-order valence-electron chi connectivity index (χ3n) is 2.89. The summed E-state index contributed by atoms with van der Waals surface area (Å²) >= 11 is 0. The molecule has 1 saturated heterocycles. The van der Waals surface area contributed by atoms with Crippen LogP contribution in [0.2, 0.25) is 0 Å². The summed E-state index contributed by atoms with van der Waals surface area (Å²) in [6.45, 7) is 3.23. The summed E-state index contributed by atoms with van der Waals surface area (Å²) in [5, 5.41) is 3.18. The van der Waals surface area contributed by atoms with E-state index in [0.717, 1.165) is 25.9 Å². The molecule has 1 fully saturated rings. The molecule has 0 aromatic heterocycles. The molecule has 0 spiro atoms. The molecule has 1 heterocycles. The molecule has 2 unspecified atom stereocenters. The number of hydrogen-bond donors (Lipinski definition) is 1. The van der Waals surface area contributed by atoms with Crippen molar-refractivity contribution in [1.82, 2.24) is 5.32 Å². The van der Waals surface area contributed by atoms with Crippen molar-refractivity contribution < 1.29 is 17.9 Å². The van der Waals surface area contributed by atoms with Crippen molar-refractivity contribution in [2.75, 3.05) is 13.2 Å². The number of ether oxygens (including phenoxy) is 1. The van der Waals surface area contributed by atoms with Gasteiger partial charge in [0, 0.05) is 19.1 Å². The van der Waals surface area contributed by atoms with Crippen LogP contribution in [-0.2, 0) is 4.74 Å². The zero-order chi connectivity index (χ0) is 12.0. The van der Waals surface area contributed by atoms with E-state index in [9.17, 15) is 13.2 Å². The minimum absolute atomic E-state index is 0.164. The van der Waals surface area contributed by atoms with Crippen LogP contribution in [0.15, 0.2) is 0 Å². The van der Waals surface area contributed by atoms with Crippen LogP contribution < -0.4 is 5.32 Å². The van der Waals surface area contributed by atoms with Gasteiger partial charge in [-0.25, -0.2) is 0 Å². The number of halogens is 3. The van der Waals surface area contributed by atoms with Crippen LogP contribution in [0.3, 0.4) is 0 Å². The predicted octanol–water partition coefficient (Wildman–Crippen LogP) is 2.88. The van der Waals surface area contributed by atoms with Crippen LogP contribution in [0.1, 0.15) is 39.0 Å². The molecule has 0 bridgehead atoms. The SMILES string of the molecule is CCC1CC(NCCCC(F)(F)F)CCO1. The van der Waals surface area contributed by atoms with E-state index < -0.39 is 12.6 Å². The molecule has 0 aromatic rings. The number of hydrogen-bond acceptors (Lipinski definition) is 2. The van der Waals surface area contributed by atoms with Crippen molar-refractivity contribution >= 4 is 0 Å². The zero-order valence-electron chi connectivity index (χ0n) is 9.65. The van der Waals surface area contributed by atoms with Crippen molar-refractivity contribution in [3.05, 3.63) is 0 Å². The molecule has 0 aromatic carbocycles. The molecule has 0 amide bonds. The van der Waals surface area contributed by atoms with Crippen LogP contribution in [-0.4, -0.2) is 31.5 Å². The molecule has 0 radical (unpaired) electrons. The van der Waals surface area contributed by atoms with E-state index in [2.05, 4.69) is 12.2 Å². The topological polar surface area (TPSA) is 21.3 Å². The average molecular weight is 239 g/mol. The first-order valence-corrected chi connectivity index (χ1v) is 5.93. The van der Waals surface area contributed by atoms with Gasteiger partial charge in [-0.05, 0) is 32.2 Å². The molecule has 1 rings (SSSR count). The van der Waals surface area contributed by atoms with Gasteiger partial charge in [0.1, 0.15) is 0 Å². The summed E-state index contributed by atoms with van der Waals surface area (Å²) in [7, 11) is 0. The highest BCUT2D eigenvalue weighted by Gasteiger charge is 2.26. The summed E-state index contributed by atoms with van der Waals surface area (Å²) in [6.07, 6.45) is -1.48. The van der Waals surface area contributed by atoms with Gasteiger partial charge in [0.25, 0.3) is 0 Å². The molecule has 1 aliphatic heterocycles. The Morgan fingerprint density at radius 3 is 2.75 bits per heavy atom. The van der Waals surface area contributed by atoms with Gasteiger partial charge in [-0.15, -0.1) is 0 Å². The Hall–Kier alpha value is -0.290. The Balaban J connectivity index is 2.08. The molecule has 1 N–H and O–H groups in total. The van der Waals surface area contributed by atoms with Gasteiger partial charge in [0.05, 0.1) is 6.10 Å². The molecule has 1 aliphatic rings. The average Bonchev–Trinajstić information content (AvgIpc) is 2.23. The second-order valence-electron chi connectivity index (χ2n) is 4.30. The minimum Gasteiger partial charge on any atom is -0.378 e. The van der Waals surface area contributed by atoms with Crippen molar-refractivity contribution in [3.8, 4) is 0 Å². The molecular formula is C11H20F3NO. The lowest BCUT2D eigenvalue weighted by molar-refractivity contribution is -0.135. The van der Waals surface area contributed by atoms with Crippen molar-refractivity contribution in [2.45, 2.75) is 57.3 Å². The minimum atomic E-state index is -4.02. The second-order valence-corrected chi connectivity index (χ2v) is 4.30. The monoisotopic (exact) mass is 239 g/mol. The number of nitrogens with one attached hydrogen (secondary N) is 1. The maximum absolute atomic E-state index is 11.9. The maximum atomic E-state index is 11.9. The fraction of sp³-hybridized carbons (Fsp3) is 1.00. The fourth-order valence-electron chi connectivity index (χ4n) is 1.95. The highest BCUT2D eigenvalue weighted by Crippen LogP contribution is 2.21. The van der Waals surface area contributed by atoms with E-state index in [1.165, 1.54) is 0 Å². The van der Waals surface area contributed by atoms with Gasteiger partial charge in [0.15, 0.2) is 0 Å². The first kappa shape index (κ1) is 13.8. The van der Waals surface area contributed by atoms with Crippen LogP contribution >= 0.6 is 0 Å². The van der Waals surface area contributed by atoms with E-state index in [0.29, 0.717) is 12.6 Å². The van der Waals surface area contributed by atoms with E-state index in [1.807, 2.05) is 0 Å². The standard InChI is InChI=1S/C11H20F3NO/c1-2-10-8-9(4-7-16-10)15-6-3-5-11(12,13)14/h9-10,15H,2-8H2,1H3. The van der Waals surface area contributed by atoms with Gasteiger partial charge in [-0.2, -0.15) is 13.2 Å². The maximum Gasteiger partial charge on any atom is 0.389 e. The van der Waals surface area contributed by atoms with Gasteiger partial charge in [-0.1, -0.05) is 6.92 Å². The van der Waals surface area contributed by atoms with Gasteiger partial charge in [-0.3, -0.25) is 0 Å². The highest BCUT2D eigenvalue weighted by atomic mass is 19.4. The summed E-state index contributed by atoms with van der Waals surface area (Å²) < 4.78 is 41.2. The highest BCUT2D eigenvalue weighted by molar-refractivity contribution is 4.76. The van der Waals surface area contributed by atoms with Crippen molar-refractivity contribution in [2.24, 2.45) is 0 Å². The van der Waals surface area contributed by atoms with Crippen molar-refractivity contribution in [1.29, 1.82) is 0 Å². The Kier molecular flexibility index (Phi) is 5.55. The lowest BCUT2D eigenvalue weighted by Gasteiger charge is -2.29. The molecule has 0 aliphatic carbocycles. The third-order valence-corrected chi connectivity index (χ3v) is 2.89. The van der Waals surface area contributed by atoms with Crippen LogP contribution in [0, 0.1) is 0 Å². The molecule has 2 nitrogen and oxygen atoms in total. The normalized spacial score (nSPS) is 27.0. The number of rotatable bonds is 5. The summed E-state index contributed by atoms with van der Waals surface area (Å²) in [5.41, 5.74) is 0.